The summed E-state index contributed by atoms with van der Waals surface area (Å²) in [7, 11) is 1.61. The van der Waals surface area contributed by atoms with Crippen LogP contribution in [-0.4, -0.2) is 63.2 Å². The van der Waals surface area contributed by atoms with E-state index in [-0.39, 0.29) is 12.5 Å². The number of guanidine groups is 1. The van der Waals surface area contributed by atoms with Crippen LogP contribution in [0.1, 0.15) is 18.9 Å². The molecule has 0 atom stereocenters. The lowest BCUT2D eigenvalue weighted by molar-refractivity contribution is -0.119. The smallest absolute Gasteiger partial charge is 0.241 e. The van der Waals surface area contributed by atoms with Gasteiger partial charge >= 0.3 is 0 Å². The van der Waals surface area contributed by atoms with E-state index in [4.69, 9.17) is 4.74 Å². The molecular weight excluding hydrogens is 316 g/mol. The van der Waals surface area contributed by atoms with Gasteiger partial charge in [-0.2, -0.15) is 0 Å². The van der Waals surface area contributed by atoms with E-state index in [0.717, 1.165) is 32.0 Å². The lowest BCUT2D eigenvalue weighted by Crippen LogP contribution is -2.44. The Labute approximate surface area is 150 Å². The standard InChI is InChI=1S/C19H28N4O2/c1-3-20-19(22-15-18(24)21-11-14-25-2)23-12-9-17(10-13-23)16-7-5-4-6-8-16/h4-9H,3,10-15H2,1-2H3,(H,20,22)(H,21,24). The predicted octanol–water partition coefficient (Wildman–Crippen LogP) is 1.50. The fraction of sp³-hybridized carbons (Fsp3) is 0.474. The minimum absolute atomic E-state index is 0.0926. The minimum Gasteiger partial charge on any atom is -0.383 e. The summed E-state index contributed by atoms with van der Waals surface area (Å²) in [6.45, 7) is 5.62. The SMILES string of the molecule is CCNC(=NCC(=O)NCCOC)N1CC=C(c2ccccc2)CC1. The molecule has 25 heavy (non-hydrogen) atoms. The van der Waals surface area contributed by atoms with Crippen LogP contribution in [-0.2, 0) is 9.53 Å². The van der Waals surface area contributed by atoms with Crippen LogP contribution >= 0.6 is 0 Å². The number of hydrogen-bond acceptors (Lipinski definition) is 3. The van der Waals surface area contributed by atoms with Crippen LogP contribution in [0.25, 0.3) is 5.57 Å². The monoisotopic (exact) mass is 344 g/mol. The van der Waals surface area contributed by atoms with Crippen LogP contribution in [0.3, 0.4) is 0 Å². The van der Waals surface area contributed by atoms with E-state index < -0.39 is 0 Å². The van der Waals surface area contributed by atoms with Gasteiger partial charge in [0.25, 0.3) is 0 Å². The number of carbonyl (C=O) groups excluding carboxylic acids is 1. The molecule has 1 heterocycles. The number of rotatable bonds is 7. The zero-order valence-electron chi connectivity index (χ0n) is 15.1. The molecule has 0 bridgehead atoms. The summed E-state index contributed by atoms with van der Waals surface area (Å²) in [5.41, 5.74) is 2.65. The van der Waals surface area contributed by atoms with Crippen molar-refractivity contribution in [2.24, 2.45) is 4.99 Å². The Balaban J connectivity index is 1.93. The molecular formula is C19H28N4O2. The van der Waals surface area contributed by atoms with Crippen LogP contribution < -0.4 is 10.6 Å². The molecule has 0 saturated carbocycles. The van der Waals surface area contributed by atoms with Crippen LogP contribution in [0.5, 0.6) is 0 Å². The summed E-state index contributed by atoms with van der Waals surface area (Å²) in [4.78, 5) is 18.5. The lowest BCUT2D eigenvalue weighted by atomic mass is 10.00. The van der Waals surface area contributed by atoms with Crippen molar-refractivity contribution in [3.8, 4) is 0 Å². The molecule has 0 radical (unpaired) electrons. The number of methoxy groups -OCH3 is 1. The first-order valence-electron chi connectivity index (χ1n) is 8.78. The van der Waals surface area contributed by atoms with E-state index in [2.05, 4.69) is 50.9 Å². The van der Waals surface area contributed by atoms with Gasteiger partial charge in [-0.1, -0.05) is 36.4 Å². The summed E-state index contributed by atoms with van der Waals surface area (Å²) in [6.07, 6.45) is 3.21. The summed E-state index contributed by atoms with van der Waals surface area (Å²) < 4.78 is 4.92. The normalized spacial score (nSPS) is 14.9. The second-order valence-electron chi connectivity index (χ2n) is 5.80. The highest BCUT2D eigenvalue weighted by atomic mass is 16.5. The Kier molecular flexibility index (Phi) is 7.98. The summed E-state index contributed by atoms with van der Waals surface area (Å²) in [6, 6.07) is 10.5. The van der Waals surface area contributed by atoms with E-state index in [1.165, 1.54) is 11.1 Å². The van der Waals surface area contributed by atoms with E-state index in [0.29, 0.717) is 13.2 Å². The molecule has 1 aliphatic rings. The van der Waals surface area contributed by atoms with Crippen molar-refractivity contribution in [3.05, 3.63) is 42.0 Å². The Morgan fingerprint density at radius 3 is 2.72 bits per heavy atom. The van der Waals surface area contributed by atoms with Crippen molar-refractivity contribution in [1.29, 1.82) is 0 Å². The maximum Gasteiger partial charge on any atom is 0.241 e. The number of ether oxygens (including phenoxy) is 1. The maximum absolute atomic E-state index is 11.8. The molecule has 2 rings (SSSR count). The third-order valence-electron chi connectivity index (χ3n) is 3.99. The molecule has 1 aliphatic heterocycles. The van der Waals surface area contributed by atoms with Gasteiger partial charge in [-0.25, -0.2) is 4.99 Å². The molecule has 0 saturated heterocycles. The molecule has 0 spiro atoms. The highest BCUT2D eigenvalue weighted by Crippen LogP contribution is 2.21. The van der Waals surface area contributed by atoms with Gasteiger partial charge in [-0.05, 0) is 24.5 Å². The zero-order valence-corrected chi connectivity index (χ0v) is 15.1. The Bertz CT molecular complexity index is 599. The number of nitrogens with zero attached hydrogens (tertiary/aromatic N) is 2. The fourth-order valence-corrected chi connectivity index (χ4v) is 2.70. The fourth-order valence-electron chi connectivity index (χ4n) is 2.70. The third-order valence-corrected chi connectivity index (χ3v) is 3.99. The van der Waals surface area contributed by atoms with E-state index in [1.54, 1.807) is 7.11 Å². The average Bonchev–Trinajstić information content (AvgIpc) is 2.66. The number of aliphatic imine (C=N–C) groups is 1. The molecule has 2 N–H and O–H groups in total. The largest absolute Gasteiger partial charge is 0.383 e. The van der Waals surface area contributed by atoms with E-state index in [9.17, 15) is 4.79 Å². The summed E-state index contributed by atoms with van der Waals surface area (Å²) in [5, 5.41) is 6.05. The molecule has 6 nitrogen and oxygen atoms in total. The van der Waals surface area contributed by atoms with Crippen molar-refractivity contribution < 1.29 is 9.53 Å². The Morgan fingerprint density at radius 1 is 1.28 bits per heavy atom. The molecule has 1 aromatic carbocycles. The van der Waals surface area contributed by atoms with Gasteiger partial charge in [0.1, 0.15) is 6.54 Å². The quantitative estimate of drug-likeness (QED) is 0.447. The number of nitrogens with one attached hydrogen (secondary N) is 2. The van der Waals surface area contributed by atoms with Crippen LogP contribution in [0.4, 0.5) is 0 Å². The van der Waals surface area contributed by atoms with Crippen LogP contribution in [0, 0.1) is 0 Å². The van der Waals surface area contributed by atoms with Crippen molar-refractivity contribution >= 4 is 17.4 Å². The number of carbonyl (C=O) groups is 1. The van der Waals surface area contributed by atoms with Gasteiger partial charge in [-0.3, -0.25) is 4.79 Å². The Morgan fingerprint density at radius 2 is 2.08 bits per heavy atom. The summed E-state index contributed by atoms with van der Waals surface area (Å²) in [5.74, 6) is 0.692. The average molecular weight is 344 g/mol. The third kappa shape index (κ3) is 6.23. The predicted molar refractivity (Wildman–Crippen MR) is 101 cm³/mol. The van der Waals surface area contributed by atoms with Crippen molar-refractivity contribution in [2.45, 2.75) is 13.3 Å². The molecule has 6 heteroatoms. The van der Waals surface area contributed by atoms with E-state index in [1.807, 2.05) is 13.0 Å². The zero-order chi connectivity index (χ0) is 17.9. The minimum atomic E-state index is -0.0926. The van der Waals surface area contributed by atoms with Gasteiger partial charge in [0.15, 0.2) is 5.96 Å². The first-order valence-corrected chi connectivity index (χ1v) is 8.78. The van der Waals surface area contributed by atoms with Gasteiger partial charge < -0.3 is 20.3 Å². The molecule has 1 aromatic rings. The first kappa shape index (κ1) is 19.0. The van der Waals surface area contributed by atoms with Crippen molar-refractivity contribution in [1.82, 2.24) is 15.5 Å². The van der Waals surface area contributed by atoms with Crippen LogP contribution in [0.2, 0.25) is 0 Å². The van der Waals surface area contributed by atoms with Gasteiger partial charge in [-0.15, -0.1) is 0 Å². The number of amides is 1. The van der Waals surface area contributed by atoms with Gasteiger partial charge in [0, 0.05) is 33.3 Å². The summed E-state index contributed by atoms with van der Waals surface area (Å²) >= 11 is 0. The second kappa shape index (κ2) is 10.5. The lowest BCUT2D eigenvalue weighted by Gasteiger charge is -2.29. The molecule has 0 aliphatic carbocycles. The van der Waals surface area contributed by atoms with Crippen LogP contribution in [0.15, 0.2) is 41.4 Å². The highest BCUT2D eigenvalue weighted by Gasteiger charge is 2.16. The Hall–Kier alpha value is -2.34. The number of hydrogen-bond donors (Lipinski definition) is 2. The molecule has 0 unspecified atom stereocenters. The number of benzene rings is 1. The van der Waals surface area contributed by atoms with Gasteiger partial charge in [0.2, 0.25) is 5.91 Å². The first-order chi connectivity index (χ1) is 12.2. The second-order valence-corrected chi connectivity index (χ2v) is 5.80. The van der Waals surface area contributed by atoms with Gasteiger partial charge in [0.05, 0.1) is 6.61 Å². The molecule has 1 amide bonds. The van der Waals surface area contributed by atoms with E-state index >= 15 is 0 Å². The molecule has 0 aromatic heterocycles. The molecule has 136 valence electrons. The topological polar surface area (TPSA) is 66.0 Å². The molecule has 0 fully saturated rings. The van der Waals surface area contributed by atoms with Crippen molar-refractivity contribution in [2.75, 3.05) is 46.4 Å². The maximum atomic E-state index is 11.8. The van der Waals surface area contributed by atoms with Crippen molar-refractivity contribution in [3.63, 3.8) is 0 Å². The highest BCUT2D eigenvalue weighted by molar-refractivity contribution is 5.85.